The monoisotopic (exact) mass is 196 g/mol. The molecule has 0 aromatic carbocycles. The average Bonchev–Trinajstić information content (AvgIpc) is 2.26. The van der Waals surface area contributed by atoms with E-state index < -0.39 is 0 Å². The van der Waals surface area contributed by atoms with Crippen LogP contribution in [0.1, 0.15) is 27.2 Å². The SMILES string of the molecule is C=CC/C=C(\C=C/C)C(=O)OC.CC. The van der Waals surface area contributed by atoms with Crippen molar-refractivity contribution in [1.29, 1.82) is 0 Å². The first-order valence-corrected chi connectivity index (χ1v) is 4.78. The third kappa shape index (κ3) is 7.35. The van der Waals surface area contributed by atoms with E-state index in [2.05, 4.69) is 11.3 Å². The Morgan fingerprint density at radius 3 is 2.36 bits per heavy atom. The van der Waals surface area contributed by atoms with Crippen molar-refractivity contribution in [3.05, 3.63) is 36.5 Å². The van der Waals surface area contributed by atoms with Gasteiger partial charge in [-0.3, -0.25) is 0 Å². The molecule has 0 rings (SSSR count). The van der Waals surface area contributed by atoms with Crippen LogP contribution in [0, 0.1) is 0 Å². The van der Waals surface area contributed by atoms with Crippen molar-refractivity contribution in [3.63, 3.8) is 0 Å². The zero-order valence-corrected chi connectivity index (χ0v) is 9.54. The maximum absolute atomic E-state index is 11.0. The third-order valence-corrected chi connectivity index (χ3v) is 1.27. The van der Waals surface area contributed by atoms with Gasteiger partial charge in [-0.15, -0.1) is 6.58 Å². The largest absolute Gasteiger partial charge is 0.465 e. The van der Waals surface area contributed by atoms with Crippen molar-refractivity contribution < 1.29 is 9.53 Å². The van der Waals surface area contributed by atoms with E-state index in [9.17, 15) is 4.79 Å². The number of hydrogen-bond donors (Lipinski definition) is 0. The van der Waals surface area contributed by atoms with Crippen LogP contribution in [0.15, 0.2) is 36.5 Å². The predicted octanol–water partition coefficient (Wildman–Crippen LogP) is 3.26. The maximum Gasteiger partial charge on any atom is 0.337 e. The van der Waals surface area contributed by atoms with Crippen molar-refractivity contribution in [2.75, 3.05) is 7.11 Å². The molecule has 0 bridgehead atoms. The Hall–Kier alpha value is -1.31. The summed E-state index contributed by atoms with van der Waals surface area (Å²) in [5.41, 5.74) is 0.569. The van der Waals surface area contributed by atoms with Crippen LogP contribution in [-0.4, -0.2) is 13.1 Å². The molecule has 0 amide bonds. The molecule has 0 aromatic rings. The van der Waals surface area contributed by atoms with Crippen molar-refractivity contribution in [3.8, 4) is 0 Å². The van der Waals surface area contributed by atoms with Crippen molar-refractivity contribution in [1.82, 2.24) is 0 Å². The molecule has 0 atom stereocenters. The molecular formula is C12H20O2. The quantitative estimate of drug-likeness (QED) is 0.298. The highest BCUT2D eigenvalue weighted by Gasteiger charge is 2.03. The summed E-state index contributed by atoms with van der Waals surface area (Å²) in [4.78, 5) is 11.0. The van der Waals surface area contributed by atoms with Crippen molar-refractivity contribution in [2.24, 2.45) is 0 Å². The van der Waals surface area contributed by atoms with Gasteiger partial charge in [0.25, 0.3) is 0 Å². The molecule has 0 N–H and O–H groups in total. The number of methoxy groups -OCH3 is 1. The van der Waals surface area contributed by atoms with E-state index in [-0.39, 0.29) is 5.97 Å². The van der Waals surface area contributed by atoms with Crippen LogP contribution in [-0.2, 0) is 9.53 Å². The molecule has 0 aliphatic carbocycles. The predicted molar refractivity (Wildman–Crippen MR) is 61.1 cm³/mol. The third-order valence-electron chi connectivity index (χ3n) is 1.27. The minimum Gasteiger partial charge on any atom is -0.465 e. The standard InChI is InChI=1S/C10H14O2.C2H6/c1-4-6-8-9(7-5-2)10(11)12-3;1-2/h4-5,7-8H,1,6H2,2-3H3;1-2H3/b7-5-,9-8+;. The van der Waals surface area contributed by atoms with Gasteiger partial charge in [-0.05, 0) is 13.3 Å². The molecule has 0 aliphatic heterocycles. The fourth-order valence-electron chi connectivity index (χ4n) is 0.727. The fourth-order valence-corrected chi connectivity index (χ4v) is 0.727. The van der Waals surface area contributed by atoms with Gasteiger partial charge in [0.1, 0.15) is 0 Å². The molecule has 0 saturated carbocycles. The lowest BCUT2D eigenvalue weighted by Gasteiger charge is -1.97. The molecule has 14 heavy (non-hydrogen) atoms. The van der Waals surface area contributed by atoms with E-state index in [1.54, 1.807) is 24.3 Å². The molecule has 2 nitrogen and oxygen atoms in total. The molecule has 0 aliphatic rings. The molecular weight excluding hydrogens is 176 g/mol. The van der Waals surface area contributed by atoms with Gasteiger partial charge in [-0.1, -0.05) is 38.2 Å². The van der Waals surface area contributed by atoms with Gasteiger partial charge in [0.05, 0.1) is 12.7 Å². The zero-order valence-electron chi connectivity index (χ0n) is 9.54. The molecule has 0 radical (unpaired) electrons. The lowest BCUT2D eigenvalue weighted by Crippen LogP contribution is -2.02. The van der Waals surface area contributed by atoms with Gasteiger partial charge in [-0.2, -0.15) is 0 Å². The van der Waals surface area contributed by atoms with Crippen LogP contribution in [0.2, 0.25) is 0 Å². The van der Waals surface area contributed by atoms with Crippen molar-refractivity contribution in [2.45, 2.75) is 27.2 Å². The molecule has 0 spiro atoms. The number of allylic oxidation sites excluding steroid dienone is 3. The number of rotatable bonds is 4. The average molecular weight is 196 g/mol. The number of carbonyl (C=O) groups excluding carboxylic acids is 1. The summed E-state index contributed by atoms with van der Waals surface area (Å²) in [5, 5.41) is 0. The second-order valence-electron chi connectivity index (χ2n) is 2.18. The molecule has 0 heterocycles. The highest BCUT2D eigenvalue weighted by molar-refractivity contribution is 5.91. The van der Waals surface area contributed by atoms with E-state index in [1.165, 1.54) is 7.11 Å². The van der Waals surface area contributed by atoms with Gasteiger partial charge < -0.3 is 4.74 Å². The van der Waals surface area contributed by atoms with Gasteiger partial charge in [0, 0.05) is 0 Å². The first kappa shape index (κ1) is 15.2. The Kier molecular flexibility index (Phi) is 12.7. The van der Waals surface area contributed by atoms with E-state index in [0.29, 0.717) is 12.0 Å². The van der Waals surface area contributed by atoms with Crippen LogP contribution >= 0.6 is 0 Å². The topological polar surface area (TPSA) is 26.3 Å². The van der Waals surface area contributed by atoms with E-state index in [0.717, 1.165) is 0 Å². The molecule has 0 fully saturated rings. The normalized spacial score (nSPS) is 10.4. The Bertz CT molecular complexity index is 212. The zero-order chi connectivity index (χ0) is 11.4. The van der Waals surface area contributed by atoms with Gasteiger partial charge in [0.2, 0.25) is 0 Å². The van der Waals surface area contributed by atoms with Crippen LogP contribution in [0.25, 0.3) is 0 Å². The summed E-state index contributed by atoms with van der Waals surface area (Å²) in [6.45, 7) is 9.41. The molecule has 0 saturated heterocycles. The summed E-state index contributed by atoms with van der Waals surface area (Å²) in [6, 6.07) is 0. The van der Waals surface area contributed by atoms with E-state index in [1.807, 2.05) is 20.8 Å². The maximum atomic E-state index is 11.0. The first-order valence-electron chi connectivity index (χ1n) is 4.78. The number of esters is 1. The van der Waals surface area contributed by atoms with Crippen LogP contribution in [0.5, 0.6) is 0 Å². The lowest BCUT2D eigenvalue weighted by atomic mass is 10.2. The first-order chi connectivity index (χ1) is 6.76. The molecule has 80 valence electrons. The van der Waals surface area contributed by atoms with Crippen LogP contribution in [0.4, 0.5) is 0 Å². The highest BCUT2D eigenvalue weighted by atomic mass is 16.5. The Morgan fingerprint density at radius 2 is 2.00 bits per heavy atom. The second kappa shape index (κ2) is 11.7. The number of carbonyl (C=O) groups is 1. The Balaban J connectivity index is 0. The minimum absolute atomic E-state index is 0.310. The number of hydrogen-bond acceptors (Lipinski definition) is 2. The molecule has 2 heteroatoms. The number of ether oxygens (including phenoxy) is 1. The Morgan fingerprint density at radius 1 is 1.43 bits per heavy atom. The van der Waals surface area contributed by atoms with Gasteiger partial charge in [0.15, 0.2) is 0 Å². The minimum atomic E-state index is -0.310. The van der Waals surface area contributed by atoms with Gasteiger partial charge >= 0.3 is 5.97 Å². The van der Waals surface area contributed by atoms with Gasteiger partial charge in [-0.25, -0.2) is 4.79 Å². The van der Waals surface area contributed by atoms with Crippen molar-refractivity contribution >= 4 is 5.97 Å². The Labute approximate surface area is 87.0 Å². The van der Waals surface area contributed by atoms with E-state index >= 15 is 0 Å². The van der Waals surface area contributed by atoms with Crippen LogP contribution in [0.3, 0.4) is 0 Å². The molecule has 0 unspecified atom stereocenters. The summed E-state index contributed by atoms with van der Waals surface area (Å²) in [6.07, 6.45) is 7.70. The summed E-state index contributed by atoms with van der Waals surface area (Å²) in [7, 11) is 1.37. The summed E-state index contributed by atoms with van der Waals surface area (Å²) >= 11 is 0. The lowest BCUT2D eigenvalue weighted by molar-refractivity contribution is -0.135. The molecule has 0 aromatic heterocycles. The highest BCUT2D eigenvalue weighted by Crippen LogP contribution is 2.01. The smallest absolute Gasteiger partial charge is 0.337 e. The second-order valence-corrected chi connectivity index (χ2v) is 2.18. The van der Waals surface area contributed by atoms with Crippen LogP contribution < -0.4 is 0 Å². The summed E-state index contributed by atoms with van der Waals surface area (Å²) in [5.74, 6) is -0.310. The van der Waals surface area contributed by atoms with E-state index in [4.69, 9.17) is 0 Å². The summed E-state index contributed by atoms with van der Waals surface area (Å²) < 4.78 is 4.57. The fraction of sp³-hybridized carbons (Fsp3) is 0.417.